The molecule has 84 valence electrons. The molecule has 0 spiro atoms. The number of pyridine rings is 1. The van der Waals surface area contributed by atoms with Crippen LogP contribution in [0.2, 0.25) is 0 Å². The molecule has 0 saturated heterocycles. The van der Waals surface area contributed by atoms with Gasteiger partial charge in [-0.1, -0.05) is 0 Å². The van der Waals surface area contributed by atoms with Gasteiger partial charge in [-0.25, -0.2) is 14.8 Å². The fourth-order valence-electron chi connectivity index (χ4n) is 1.33. The van der Waals surface area contributed by atoms with E-state index in [1.807, 2.05) is 6.07 Å². The Balaban J connectivity index is 2.39. The predicted molar refractivity (Wildman–Crippen MR) is 59.4 cm³/mol. The first-order chi connectivity index (χ1) is 7.74. The number of nitrogens with zero attached hydrogens (tertiary/aromatic N) is 2. The van der Waals surface area contributed by atoms with Gasteiger partial charge in [0.25, 0.3) is 0 Å². The largest absolute Gasteiger partial charge is 0.460 e. The molecule has 2 aromatic heterocycles. The summed E-state index contributed by atoms with van der Waals surface area (Å²) in [6.45, 7) is 2.07. The highest BCUT2D eigenvalue weighted by Gasteiger charge is 2.12. The smallest absolute Gasteiger partial charge is 0.374 e. The maximum absolute atomic E-state index is 11.4. The Morgan fingerprint density at radius 3 is 3.00 bits per heavy atom. The molecule has 2 N–H and O–H groups in total. The molecule has 0 saturated carbocycles. The van der Waals surface area contributed by atoms with Crippen molar-refractivity contribution in [1.82, 2.24) is 15.0 Å². The number of fused-ring (bicyclic) bond motifs is 1. The highest BCUT2D eigenvalue weighted by molar-refractivity contribution is 5.89. The Labute approximate surface area is 92.0 Å². The number of carbonyl (C=O) groups is 1. The molecule has 2 heterocycles. The fraction of sp³-hybridized carbons (Fsp3) is 0.300. The van der Waals surface area contributed by atoms with E-state index in [2.05, 4.69) is 20.3 Å². The van der Waals surface area contributed by atoms with Crippen molar-refractivity contribution in [2.75, 3.05) is 19.0 Å². The van der Waals surface area contributed by atoms with Crippen LogP contribution < -0.4 is 5.32 Å². The minimum Gasteiger partial charge on any atom is -0.460 e. The highest BCUT2D eigenvalue weighted by atomic mass is 16.5. The van der Waals surface area contributed by atoms with Crippen molar-refractivity contribution in [3.63, 3.8) is 0 Å². The van der Waals surface area contributed by atoms with Crippen molar-refractivity contribution in [3.05, 3.63) is 18.0 Å². The lowest BCUT2D eigenvalue weighted by atomic mass is 10.4. The second-order valence-corrected chi connectivity index (χ2v) is 3.12. The van der Waals surface area contributed by atoms with E-state index in [9.17, 15) is 4.79 Å². The highest BCUT2D eigenvalue weighted by Crippen LogP contribution is 2.12. The Hall–Kier alpha value is -2.11. The molecule has 0 unspecified atom stereocenters. The molecule has 2 rings (SSSR count). The number of hydrogen-bond acceptors (Lipinski definition) is 5. The molecule has 0 radical (unpaired) electrons. The zero-order chi connectivity index (χ0) is 11.5. The van der Waals surface area contributed by atoms with Gasteiger partial charge in [0, 0.05) is 7.05 Å². The predicted octanol–water partition coefficient (Wildman–Crippen LogP) is 1.18. The maximum Gasteiger partial charge on any atom is 0.374 e. The molecule has 0 fully saturated rings. The topological polar surface area (TPSA) is 79.9 Å². The number of hydrogen-bond donors (Lipinski definition) is 2. The van der Waals surface area contributed by atoms with Gasteiger partial charge in [-0.3, -0.25) is 0 Å². The van der Waals surface area contributed by atoms with Crippen LogP contribution in [0.4, 0.5) is 5.82 Å². The first kappa shape index (κ1) is 10.4. The summed E-state index contributed by atoms with van der Waals surface area (Å²) in [5.74, 6) is 0.415. The molecule has 2 aromatic rings. The number of H-pyrrole nitrogens is 1. The van der Waals surface area contributed by atoms with Crippen LogP contribution in [0.5, 0.6) is 0 Å². The Morgan fingerprint density at radius 1 is 1.50 bits per heavy atom. The van der Waals surface area contributed by atoms with Crippen LogP contribution in [-0.4, -0.2) is 34.6 Å². The summed E-state index contributed by atoms with van der Waals surface area (Å²) in [6.07, 6.45) is 0. The monoisotopic (exact) mass is 220 g/mol. The number of aromatic nitrogens is 3. The van der Waals surface area contributed by atoms with E-state index in [-0.39, 0.29) is 5.82 Å². The van der Waals surface area contributed by atoms with Crippen molar-refractivity contribution in [1.29, 1.82) is 0 Å². The van der Waals surface area contributed by atoms with Crippen LogP contribution in [0.3, 0.4) is 0 Å². The van der Waals surface area contributed by atoms with Crippen LogP contribution in [0.15, 0.2) is 12.1 Å². The van der Waals surface area contributed by atoms with Gasteiger partial charge in [0.15, 0.2) is 5.65 Å². The first-order valence-corrected chi connectivity index (χ1v) is 4.96. The van der Waals surface area contributed by atoms with Crippen LogP contribution in [-0.2, 0) is 4.74 Å². The number of rotatable bonds is 3. The van der Waals surface area contributed by atoms with Gasteiger partial charge >= 0.3 is 5.97 Å². The summed E-state index contributed by atoms with van der Waals surface area (Å²) in [7, 11) is 1.77. The third-order valence-electron chi connectivity index (χ3n) is 2.07. The summed E-state index contributed by atoms with van der Waals surface area (Å²) in [5.41, 5.74) is 1.21. The van der Waals surface area contributed by atoms with E-state index >= 15 is 0 Å². The minimum atomic E-state index is -0.466. The van der Waals surface area contributed by atoms with Crippen molar-refractivity contribution >= 4 is 23.0 Å². The molecule has 0 aliphatic carbocycles. The molecule has 0 aromatic carbocycles. The van der Waals surface area contributed by atoms with Crippen molar-refractivity contribution < 1.29 is 9.53 Å². The quantitative estimate of drug-likeness (QED) is 0.759. The normalized spacial score (nSPS) is 10.4. The zero-order valence-corrected chi connectivity index (χ0v) is 9.07. The summed E-state index contributed by atoms with van der Waals surface area (Å²) >= 11 is 0. The maximum atomic E-state index is 11.4. The molecule has 16 heavy (non-hydrogen) atoms. The Morgan fingerprint density at radius 2 is 2.31 bits per heavy atom. The summed E-state index contributed by atoms with van der Waals surface area (Å²) < 4.78 is 4.84. The van der Waals surface area contributed by atoms with Crippen LogP contribution in [0.1, 0.15) is 17.5 Å². The number of esters is 1. The van der Waals surface area contributed by atoms with Gasteiger partial charge in [0.1, 0.15) is 5.82 Å². The molecule has 0 aliphatic heterocycles. The SMILES string of the molecule is CCOC(=O)c1nc2nc(NC)ccc2[nH]1. The standard InChI is InChI=1S/C10H12N4O2/c1-3-16-10(15)9-12-6-4-5-7(11-2)13-8(6)14-9/h4-5H,3H2,1-2H3,(H2,11,12,13,14). The van der Waals surface area contributed by atoms with Gasteiger partial charge in [-0.2, -0.15) is 0 Å². The van der Waals surface area contributed by atoms with Gasteiger partial charge in [0.2, 0.25) is 5.82 Å². The number of imidazole rings is 1. The lowest BCUT2D eigenvalue weighted by molar-refractivity contribution is 0.0513. The summed E-state index contributed by atoms with van der Waals surface area (Å²) in [5, 5.41) is 2.90. The Kier molecular flexibility index (Phi) is 2.72. The van der Waals surface area contributed by atoms with E-state index in [1.165, 1.54) is 0 Å². The molecule has 6 heteroatoms. The second-order valence-electron chi connectivity index (χ2n) is 3.12. The lowest BCUT2D eigenvalue weighted by Gasteiger charge is -1.95. The van der Waals surface area contributed by atoms with Crippen LogP contribution in [0.25, 0.3) is 11.2 Å². The molecular formula is C10H12N4O2. The first-order valence-electron chi connectivity index (χ1n) is 4.96. The van der Waals surface area contributed by atoms with E-state index in [4.69, 9.17) is 4.74 Å². The van der Waals surface area contributed by atoms with Crippen molar-refractivity contribution in [2.24, 2.45) is 0 Å². The molecule has 0 amide bonds. The second kappa shape index (κ2) is 4.18. The van der Waals surface area contributed by atoms with E-state index in [0.29, 0.717) is 23.6 Å². The van der Waals surface area contributed by atoms with Gasteiger partial charge in [-0.05, 0) is 19.1 Å². The number of carbonyl (C=O) groups excluding carboxylic acids is 1. The number of aromatic amines is 1. The fourth-order valence-corrected chi connectivity index (χ4v) is 1.33. The van der Waals surface area contributed by atoms with E-state index < -0.39 is 5.97 Å². The van der Waals surface area contributed by atoms with Crippen molar-refractivity contribution in [2.45, 2.75) is 6.92 Å². The van der Waals surface area contributed by atoms with E-state index in [1.54, 1.807) is 20.0 Å². The molecular weight excluding hydrogens is 208 g/mol. The molecule has 0 atom stereocenters. The van der Waals surface area contributed by atoms with Crippen LogP contribution >= 0.6 is 0 Å². The third kappa shape index (κ3) is 1.81. The third-order valence-corrected chi connectivity index (χ3v) is 2.07. The number of nitrogens with one attached hydrogen (secondary N) is 2. The zero-order valence-electron chi connectivity index (χ0n) is 9.07. The average Bonchev–Trinajstić information content (AvgIpc) is 2.71. The van der Waals surface area contributed by atoms with Crippen molar-refractivity contribution in [3.8, 4) is 0 Å². The lowest BCUT2D eigenvalue weighted by Crippen LogP contribution is -2.06. The molecule has 6 nitrogen and oxygen atoms in total. The average molecular weight is 220 g/mol. The van der Waals surface area contributed by atoms with Crippen LogP contribution in [0, 0.1) is 0 Å². The minimum absolute atomic E-state index is 0.178. The molecule has 0 aliphatic rings. The van der Waals surface area contributed by atoms with Gasteiger partial charge in [-0.15, -0.1) is 0 Å². The number of ether oxygens (including phenoxy) is 1. The van der Waals surface area contributed by atoms with Gasteiger partial charge < -0.3 is 15.0 Å². The van der Waals surface area contributed by atoms with Gasteiger partial charge in [0.05, 0.1) is 12.1 Å². The molecule has 0 bridgehead atoms. The van der Waals surface area contributed by atoms with E-state index in [0.717, 1.165) is 0 Å². The number of anilines is 1. The summed E-state index contributed by atoms with van der Waals surface area (Å²) in [6, 6.07) is 3.61. The summed E-state index contributed by atoms with van der Waals surface area (Å²) in [4.78, 5) is 22.5. The Bertz CT molecular complexity index is 521.